The topological polar surface area (TPSA) is 237 Å². The Morgan fingerprint density at radius 2 is 0.500 bits per heavy atom. The molecule has 0 amide bonds. The first-order valence-electron chi connectivity index (χ1n) is 40.5. The molecule has 3 N–H and O–H groups in total. The number of carbonyl (C=O) groups excluding carboxylic acids is 4. The zero-order valence-electron chi connectivity index (χ0n) is 63.9. The van der Waals surface area contributed by atoms with Crippen molar-refractivity contribution in [3.05, 3.63) is 60.8 Å². The van der Waals surface area contributed by atoms with Gasteiger partial charge >= 0.3 is 39.5 Å². The molecule has 0 aliphatic rings. The van der Waals surface area contributed by atoms with Crippen LogP contribution in [0.25, 0.3) is 0 Å². The molecule has 0 aliphatic heterocycles. The summed E-state index contributed by atoms with van der Waals surface area (Å²) in [5, 5.41) is 10.6. The third-order valence-corrected chi connectivity index (χ3v) is 19.4. The van der Waals surface area contributed by atoms with Gasteiger partial charge in [-0.05, 0) is 109 Å². The van der Waals surface area contributed by atoms with Crippen LogP contribution in [0, 0.1) is 0 Å². The zero-order chi connectivity index (χ0) is 73.2. The van der Waals surface area contributed by atoms with Gasteiger partial charge in [-0.3, -0.25) is 37.3 Å². The lowest BCUT2D eigenvalue weighted by molar-refractivity contribution is -0.161. The van der Waals surface area contributed by atoms with E-state index >= 15 is 0 Å². The van der Waals surface area contributed by atoms with Gasteiger partial charge < -0.3 is 33.8 Å². The van der Waals surface area contributed by atoms with Gasteiger partial charge in [-0.1, -0.05) is 300 Å². The molecule has 5 unspecified atom stereocenters. The molecule has 5 atom stereocenters. The molecule has 0 heterocycles. The van der Waals surface area contributed by atoms with E-state index in [1.54, 1.807) is 0 Å². The van der Waals surface area contributed by atoms with Crippen molar-refractivity contribution in [2.45, 2.75) is 393 Å². The summed E-state index contributed by atoms with van der Waals surface area (Å²) in [7, 11) is -9.94. The van der Waals surface area contributed by atoms with Crippen LogP contribution in [0.5, 0.6) is 0 Å². The molecule has 584 valence electrons. The maximum absolute atomic E-state index is 13.1. The van der Waals surface area contributed by atoms with Gasteiger partial charge in [0, 0.05) is 25.7 Å². The number of rotatable bonds is 77. The molecule has 0 rings (SSSR count). The lowest BCUT2D eigenvalue weighted by Gasteiger charge is -2.21. The van der Waals surface area contributed by atoms with Gasteiger partial charge in [-0.2, -0.15) is 0 Å². The Morgan fingerprint density at radius 1 is 0.280 bits per heavy atom. The van der Waals surface area contributed by atoms with Crippen LogP contribution in [0.2, 0.25) is 0 Å². The van der Waals surface area contributed by atoms with E-state index in [1.165, 1.54) is 135 Å². The standard InChI is InChI=1S/C81H148O17P2/c1-5-9-13-17-21-25-29-32-35-36-37-38-41-43-47-50-54-58-62-66-79(84)92-72-77(98-81(86)68-64-60-56-52-48-44-40-34-31-27-23-19-15-11-7-3)74-96-100(89,90)94-70-75(82)69-93-99(87,88)95-73-76(97-80(85)67-63-59-55-51-45-28-24-20-16-12-8-4)71-91-78(83)65-61-57-53-49-46-42-39-33-30-26-22-18-14-10-6-2/h20-21,24-25,32-33,35,37-39,75-77,82H,5-19,22-23,26-31,34,36,40-74H2,1-4H3,(H,87,88)(H,89,90)/b24-20-,25-21-,35-32-,38-37-,39-33-. The molecule has 0 aromatic heterocycles. The number of carbonyl (C=O) groups is 4. The molecule has 0 saturated heterocycles. The van der Waals surface area contributed by atoms with Gasteiger partial charge in [0.05, 0.1) is 26.4 Å². The molecule has 0 bridgehead atoms. The molecular weight excluding hydrogens is 1310 g/mol. The number of phosphoric acid groups is 2. The number of allylic oxidation sites excluding steroid dienone is 10. The summed E-state index contributed by atoms with van der Waals surface area (Å²) in [6.07, 6.45) is 73.4. The smallest absolute Gasteiger partial charge is 0.462 e. The Kier molecular flexibility index (Phi) is 71.6. The Morgan fingerprint density at radius 3 is 0.810 bits per heavy atom. The third kappa shape index (κ3) is 73.1. The summed E-state index contributed by atoms with van der Waals surface area (Å²) < 4.78 is 68.6. The van der Waals surface area contributed by atoms with Crippen molar-refractivity contribution in [2.75, 3.05) is 39.6 Å². The van der Waals surface area contributed by atoms with Crippen LogP contribution in [-0.2, 0) is 65.4 Å². The summed E-state index contributed by atoms with van der Waals surface area (Å²) in [5.74, 6) is -2.17. The van der Waals surface area contributed by atoms with Crippen LogP contribution in [0.3, 0.4) is 0 Å². The number of hydrogen-bond acceptors (Lipinski definition) is 15. The second-order valence-corrected chi connectivity index (χ2v) is 30.3. The average Bonchev–Trinajstić information content (AvgIpc) is 2.75. The van der Waals surface area contributed by atoms with Crippen LogP contribution in [0.4, 0.5) is 0 Å². The van der Waals surface area contributed by atoms with Crippen molar-refractivity contribution in [1.82, 2.24) is 0 Å². The molecule has 0 fully saturated rings. The number of phosphoric ester groups is 2. The highest BCUT2D eigenvalue weighted by Crippen LogP contribution is 2.45. The van der Waals surface area contributed by atoms with Gasteiger partial charge in [-0.25, -0.2) is 9.13 Å². The summed E-state index contributed by atoms with van der Waals surface area (Å²) in [6.45, 7) is 4.84. The van der Waals surface area contributed by atoms with E-state index in [1.807, 2.05) is 0 Å². The Hall–Kier alpha value is -3.24. The quantitative estimate of drug-likeness (QED) is 0.0169. The molecular formula is C81H148O17P2. The zero-order valence-corrected chi connectivity index (χ0v) is 65.7. The van der Waals surface area contributed by atoms with Gasteiger partial charge in [0.15, 0.2) is 12.2 Å². The maximum Gasteiger partial charge on any atom is 0.472 e. The number of hydrogen-bond donors (Lipinski definition) is 3. The van der Waals surface area contributed by atoms with Crippen molar-refractivity contribution in [2.24, 2.45) is 0 Å². The van der Waals surface area contributed by atoms with E-state index in [0.29, 0.717) is 25.7 Å². The second kappa shape index (κ2) is 74.0. The van der Waals surface area contributed by atoms with E-state index in [9.17, 15) is 43.2 Å². The first-order chi connectivity index (χ1) is 48.7. The highest BCUT2D eigenvalue weighted by Gasteiger charge is 2.30. The van der Waals surface area contributed by atoms with Gasteiger partial charge in [0.1, 0.15) is 19.3 Å². The van der Waals surface area contributed by atoms with E-state index < -0.39 is 97.5 Å². The fourth-order valence-electron chi connectivity index (χ4n) is 11.2. The van der Waals surface area contributed by atoms with Crippen molar-refractivity contribution < 1.29 is 80.2 Å². The minimum Gasteiger partial charge on any atom is -0.462 e. The molecule has 17 nitrogen and oxygen atoms in total. The molecule has 0 saturated carbocycles. The van der Waals surface area contributed by atoms with E-state index in [-0.39, 0.29) is 25.7 Å². The summed E-state index contributed by atoms with van der Waals surface area (Å²) in [6, 6.07) is 0. The van der Waals surface area contributed by atoms with Crippen LogP contribution in [-0.4, -0.2) is 96.7 Å². The largest absolute Gasteiger partial charge is 0.472 e. The molecule has 0 aliphatic carbocycles. The van der Waals surface area contributed by atoms with Crippen molar-refractivity contribution in [1.29, 1.82) is 0 Å². The molecule has 19 heteroatoms. The number of aliphatic hydroxyl groups excluding tert-OH is 1. The van der Waals surface area contributed by atoms with Crippen LogP contribution in [0.15, 0.2) is 60.8 Å². The number of unbranched alkanes of at least 4 members (excludes halogenated alkanes) is 41. The fraction of sp³-hybridized carbons (Fsp3) is 0.827. The van der Waals surface area contributed by atoms with E-state index in [2.05, 4.69) is 88.5 Å². The highest BCUT2D eigenvalue weighted by atomic mass is 31.2. The van der Waals surface area contributed by atoms with Crippen molar-refractivity contribution in [3.8, 4) is 0 Å². The number of aliphatic hydroxyl groups is 1. The van der Waals surface area contributed by atoms with Gasteiger partial charge in [0.25, 0.3) is 0 Å². The highest BCUT2D eigenvalue weighted by molar-refractivity contribution is 7.47. The first kappa shape index (κ1) is 96.8. The Balaban J connectivity index is 5.30. The maximum atomic E-state index is 13.1. The normalized spacial score (nSPS) is 14.2. The summed E-state index contributed by atoms with van der Waals surface area (Å²) >= 11 is 0. The van der Waals surface area contributed by atoms with Crippen molar-refractivity contribution in [3.63, 3.8) is 0 Å². The average molecular weight is 1460 g/mol. The lowest BCUT2D eigenvalue weighted by atomic mass is 10.0. The predicted molar refractivity (Wildman–Crippen MR) is 409 cm³/mol. The number of ether oxygens (including phenoxy) is 4. The van der Waals surface area contributed by atoms with Gasteiger partial charge in [0.2, 0.25) is 0 Å². The number of esters is 4. The molecule has 0 aromatic rings. The summed E-state index contributed by atoms with van der Waals surface area (Å²) in [4.78, 5) is 72.9. The van der Waals surface area contributed by atoms with E-state index in [4.69, 9.17) is 37.0 Å². The van der Waals surface area contributed by atoms with Crippen LogP contribution < -0.4 is 0 Å². The van der Waals surface area contributed by atoms with Crippen LogP contribution in [0.1, 0.15) is 374 Å². The van der Waals surface area contributed by atoms with Gasteiger partial charge in [-0.15, -0.1) is 0 Å². The minimum absolute atomic E-state index is 0.0869. The molecule has 0 aromatic carbocycles. The molecule has 0 radical (unpaired) electrons. The third-order valence-electron chi connectivity index (χ3n) is 17.5. The van der Waals surface area contributed by atoms with E-state index in [0.717, 1.165) is 161 Å². The first-order valence-corrected chi connectivity index (χ1v) is 43.5. The van der Waals surface area contributed by atoms with Crippen molar-refractivity contribution >= 4 is 39.5 Å². The SMILES string of the molecule is CCCC/C=C\CCCCCCCC(=O)OC(COC(=O)CCCCCCC/C=C\CCCCCCCC)COP(=O)(O)OCC(O)COP(=O)(O)OCC(COC(=O)CCCCCCCC/C=C\C/C=C\C/C=C\CCCCC)OC(=O)CCCCCCCCCCCCCCCCC. The molecule has 0 spiro atoms. The Labute approximate surface area is 610 Å². The monoisotopic (exact) mass is 1460 g/mol. The minimum atomic E-state index is -4.97. The fourth-order valence-corrected chi connectivity index (χ4v) is 12.8. The second-order valence-electron chi connectivity index (χ2n) is 27.4. The van der Waals surface area contributed by atoms with Crippen LogP contribution >= 0.6 is 15.6 Å². The lowest BCUT2D eigenvalue weighted by Crippen LogP contribution is -2.30. The summed E-state index contributed by atoms with van der Waals surface area (Å²) in [5.41, 5.74) is 0. The predicted octanol–water partition coefficient (Wildman–Crippen LogP) is 23.5. The molecule has 100 heavy (non-hydrogen) atoms. The Bertz CT molecular complexity index is 2130.